The summed E-state index contributed by atoms with van der Waals surface area (Å²) >= 11 is 0. The van der Waals surface area contributed by atoms with E-state index in [2.05, 4.69) is 5.92 Å². The summed E-state index contributed by atoms with van der Waals surface area (Å²) in [7, 11) is 0. The molecule has 0 aliphatic heterocycles. The maximum Gasteiger partial charge on any atom is 0.303 e. The van der Waals surface area contributed by atoms with E-state index in [1.165, 1.54) is 6.92 Å². The van der Waals surface area contributed by atoms with Gasteiger partial charge < -0.3 is 9.84 Å². The van der Waals surface area contributed by atoms with Crippen molar-refractivity contribution in [2.24, 2.45) is 0 Å². The van der Waals surface area contributed by atoms with Gasteiger partial charge in [0, 0.05) is 25.3 Å². The average Bonchev–Trinajstić information content (AvgIpc) is 2.01. The Morgan fingerprint density at radius 3 is 3.08 bits per heavy atom. The van der Waals surface area contributed by atoms with Crippen molar-refractivity contribution in [3.05, 3.63) is 11.6 Å². The molecule has 0 bridgehead atoms. The number of aliphatic hydroxyl groups is 1. The van der Waals surface area contributed by atoms with Gasteiger partial charge in [-0.1, -0.05) is 5.92 Å². The van der Waals surface area contributed by atoms with Gasteiger partial charge in [0.2, 0.25) is 0 Å². The number of aliphatic hydroxyl groups excluding tert-OH is 1. The zero-order valence-electron chi connectivity index (χ0n) is 7.49. The van der Waals surface area contributed by atoms with Crippen LogP contribution >= 0.6 is 0 Å². The molecule has 0 saturated heterocycles. The maximum absolute atomic E-state index is 10.6. The molecule has 13 heavy (non-hydrogen) atoms. The van der Waals surface area contributed by atoms with Gasteiger partial charge in [-0.15, -0.1) is 6.42 Å². The summed E-state index contributed by atoms with van der Waals surface area (Å²) in [6.07, 6.45) is 6.95. The third-order valence-corrected chi connectivity index (χ3v) is 1.85. The first kappa shape index (κ1) is 9.82. The highest BCUT2D eigenvalue weighted by atomic mass is 16.5. The summed E-state index contributed by atoms with van der Waals surface area (Å²) in [5.41, 5.74) is 0.699. The first-order valence-electron chi connectivity index (χ1n) is 4.14. The third-order valence-electron chi connectivity index (χ3n) is 1.85. The molecular formula is C10H12O3. The lowest BCUT2D eigenvalue weighted by atomic mass is 9.95. The van der Waals surface area contributed by atoms with Crippen molar-refractivity contribution < 1.29 is 14.6 Å². The summed E-state index contributed by atoms with van der Waals surface area (Å²) in [6, 6.07) is 0. The molecule has 0 aromatic rings. The van der Waals surface area contributed by atoms with E-state index in [4.69, 9.17) is 11.2 Å². The summed E-state index contributed by atoms with van der Waals surface area (Å²) in [6.45, 7) is 1.34. The summed E-state index contributed by atoms with van der Waals surface area (Å²) < 4.78 is 4.92. The van der Waals surface area contributed by atoms with Crippen LogP contribution in [0.2, 0.25) is 0 Å². The van der Waals surface area contributed by atoms with Crippen LogP contribution < -0.4 is 0 Å². The van der Waals surface area contributed by atoms with Crippen molar-refractivity contribution in [2.45, 2.75) is 32.0 Å². The van der Waals surface area contributed by atoms with Gasteiger partial charge in [0.15, 0.2) is 0 Å². The number of esters is 1. The van der Waals surface area contributed by atoms with Crippen LogP contribution in [0, 0.1) is 12.3 Å². The first-order valence-corrected chi connectivity index (χ1v) is 4.14. The Labute approximate surface area is 77.4 Å². The summed E-state index contributed by atoms with van der Waals surface area (Å²) in [4.78, 5) is 10.6. The van der Waals surface area contributed by atoms with Crippen LogP contribution in [0.4, 0.5) is 0 Å². The van der Waals surface area contributed by atoms with E-state index in [9.17, 15) is 9.90 Å². The smallest absolute Gasteiger partial charge is 0.303 e. The molecule has 70 valence electrons. The Kier molecular flexibility index (Phi) is 3.10. The Bertz CT molecular complexity index is 272. The van der Waals surface area contributed by atoms with Crippen molar-refractivity contribution in [1.82, 2.24) is 0 Å². The molecule has 0 fully saturated rings. The van der Waals surface area contributed by atoms with Crippen LogP contribution in [-0.2, 0) is 9.53 Å². The normalized spacial score (nSPS) is 27.3. The van der Waals surface area contributed by atoms with Gasteiger partial charge in [0.25, 0.3) is 0 Å². The lowest BCUT2D eigenvalue weighted by Crippen LogP contribution is -2.25. The van der Waals surface area contributed by atoms with E-state index < -0.39 is 6.10 Å². The predicted octanol–water partition coefficient (Wildman–Crippen LogP) is 0.632. The van der Waals surface area contributed by atoms with Crippen LogP contribution in [0.25, 0.3) is 0 Å². The minimum Gasteiger partial charge on any atom is -0.458 e. The molecule has 1 aliphatic rings. The van der Waals surface area contributed by atoms with E-state index >= 15 is 0 Å². The van der Waals surface area contributed by atoms with E-state index in [0.29, 0.717) is 18.4 Å². The molecule has 0 heterocycles. The highest BCUT2D eigenvalue weighted by Gasteiger charge is 2.21. The summed E-state index contributed by atoms with van der Waals surface area (Å²) in [5.74, 6) is 2.09. The third kappa shape index (κ3) is 2.92. The van der Waals surface area contributed by atoms with Crippen molar-refractivity contribution in [3.63, 3.8) is 0 Å². The Morgan fingerprint density at radius 1 is 1.85 bits per heavy atom. The molecule has 0 spiro atoms. The van der Waals surface area contributed by atoms with Crippen LogP contribution in [0.3, 0.4) is 0 Å². The van der Waals surface area contributed by atoms with Gasteiger partial charge in [0.1, 0.15) is 6.10 Å². The highest BCUT2D eigenvalue weighted by molar-refractivity contribution is 5.66. The van der Waals surface area contributed by atoms with Crippen molar-refractivity contribution >= 4 is 5.97 Å². The van der Waals surface area contributed by atoms with E-state index in [1.54, 1.807) is 6.08 Å². The molecule has 3 heteroatoms. The average molecular weight is 180 g/mol. The van der Waals surface area contributed by atoms with E-state index in [0.717, 1.165) is 0 Å². The number of rotatable bonds is 1. The van der Waals surface area contributed by atoms with Crippen LogP contribution in [0.1, 0.15) is 19.8 Å². The number of terminal acetylenes is 1. The second-order valence-electron chi connectivity index (χ2n) is 3.08. The zero-order valence-corrected chi connectivity index (χ0v) is 7.49. The molecule has 1 aliphatic carbocycles. The standard InChI is InChI=1S/C10H12O3/c1-3-8-4-9(12)6-10(5-8)13-7(2)11/h1,5,9-10,12H,4,6H2,2H3/t9-,10-/m1/s1. The van der Waals surface area contributed by atoms with Crippen molar-refractivity contribution in [2.75, 3.05) is 0 Å². The van der Waals surface area contributed by atoms with E-state index in [1.807, 2.05) is 0 Å². The van der Waals surface area contributed by atoms with Crippen LogP contribution in [0.5, 0.6) is 0 Å². The molecule has 1 N–H and O–H groups in total. The Hall–Kier alpha value is -1.27. The van der Waals surface area contributed by atoms with Crippen molar-refractivity contribution in [3.8, 4) is 12.3 Å². The Balaban J connectivity index is 2.66. The lowest BCUT2D eigenvalue weighted by Gasteiger charge is -2.22. The fraction of sp³-hybridized carbons (Fsp3) is 0.500. The van der Waals surface area contributed by atoms with Gasteiger partial charge in [-0.05, 0) is 6.08 Å². The number of carbonyl (C=O) groups excluding carboxylic acids is 1. The second kappa shape index (κ2) is 4.11. The van der Waals surface area contributed by atoms with Gasteiger partial charge in [-0.25, -0.2) is 0 Å². The number of carbonyl (C=O) groups is 1. The highest BCUT2D eigenvalue weighted by Crippen LogP contribution is 2.20. The quantitative estimate of drug-likeness (QED) is 0.475. The lowest BCUT2D eigenvalue weighted by molar-refractivity contribution is -0.145. The van der Waals surface area contributed by atoms with Crippen LogP contribution in [0.15, 0.2) is 11.6 Å². The number of ether oxygens (including phenoxy) is 1. The molecular weight excluding hydrogens is 168 g/mol. The maximum atomic E-state index is 10.6. The molecule has 0 unspecified atom stereocenters. The first-order chi connectivity index (χ1) is 6.11. The van der Waals surface area contributed by atoms with Gasteiger partial charge in [-0.3, -0.25) is 4.79 Å². The number of hydrogen-bond donors (Lipinski definition) is 1. The molecule has 2 atom stereocenters. The topological polar surface area (TPSA) is 46.5 Å². The fourth-order valence-corrected chi connectivity index (χ4v) is 1.37. The molecule has 0 saturated carbocycles. The zero-order chi connectivity index (χ0) is 9.84. The summed E-state index contributed by atoms with van der Waals surface area (Å²) in [5, 5.41) is 9.37. The molecule has 0 amide bonds. The van der Waals surface area contributed by atoms with Gasteiger partial charge in [-0.2, -0.15) is 0 Å². The van der Waals surface area contributed by atoms with Gasteiger partial charge in [0.05, 0.1) is 6.10 Å². The minimum atomic E-state index is -0.500. The second-order valence-corrected chi connectivity index (χ2v) is 3.08. The van der Waals surface area contributed by atoms with Crippen molar-refractivity contribution in [1.29, 1.82) is 0 Å². The monoisotopic (exact) mass is 180 g/mol. The molecule has 3 nitrogen and oxygen atoms in total. The molecule has 1 rings (SSSR count). The SMILES string of the molecule is C#CC1=C[C@@H](OC(C)=O)C[C@H](O)C1. The molecule has 0 aromatic heterocycles. The number of hydrogen-bond acceptors (Lipinski definition) is 3. The predicted molar refractivity (Wildman–Crippen MR) is 47.7 cm³/mol. The van der Waals surface area contributed by atoms with Crippen LogP contribution in [-0.4, -0.2) is 23.3 Å². The minimum absolute atomic E-state index is 0.355. The van der Waals surface area contributed by atoms with E-state index in [-0.39, 0.29) is 12.1 Å². The fourth-order valence-electron chi connectivity index (χ4n) is 1.37. The largest absolute Gasteiger partial charge is 0.458 e. The van der Waals surface area contributed by atoms with Gasteiger partial charge >= 0.3 is 5.97 Å². The molecule has 0 aromatic carbocycles. The Morgan fingerprint density at radius 2 is 2.54 bits per heavy atom. The molecule has 0 radical (unpaired) electrons.